The number of anilines is 1. The Labute approximate surface area is 197 Å². The Hall–Kier alpha value is -2.51. The van der Waals surface area contributed by atoms with Crippen molar-refractivity contribution in [1.82, 2.24) is 4.90 Å². The Morgan fingerprint density at radius 3 is 2.31 bits per heavy atom. The molecule has 2 aromatic rings. The zero-order valence-corrected chi connectivity index (χ0v) is 20.2. The molecule has 174 valence electrons. The molecule has 1 aliphatic rings. The van der Waals surface area contributed by atoms with Crippen molar-refractivity contribution in [2.24, 2.45) is 0 Å². The van der Waals surface area contributed by atoms with Gasteiger partial charge in [-0.25, -0.2) is 8.42 Å². The van der Waals surface area contributed by atoms with Gasteiger partial charge in [0.15, 0.2) is 0 Å². The van der Waals surface area contributed by atoms with E-state index < -0.39 is 10.0 Å². The predicted molar refractivity (Wildman–Crippen MR) is 135 cm³/mol. The van der Waals surface area contributed by atoms with E-state index in [1.165, 1.54) is 4.31 Å². The summed E-state index contributed by atoms with van der Waals surface area (Å²) in [6, 6.07) is 17.1. The summed E-state index contributed by atoms with van der Waals surface area (Å²) in [5.74, 6) is 1.37. The summed E-state index contributed by atoms with van der Waals surface area (Å²) < 4.78 is 32.9. The van der Waals surface area contributed by atoms with Crippen LogP contribution in [-0.4, -0.2) is 50.6 Å². The number of amidine groups is 1. The zero-order chi connectivity index (χ0) is 22.3. The Kier molecular flexibility index (Phi) is 9.60. The molecule has 0 radical (unpaired) electrons. The fraction of sp³-hybridized carbons (Fsp3) is 0.375. The molecule has 6 nitrogen and oxygen atoms in total. The number of sulfonamides is 1. The van der Waals surface area contributed by atoms with E-state index in [1.807, 2.05) is 61.5 Å². The number of piperidine rings is 1. The van der Waals surface area contributed by atoms with Gasteiger partial charge in [0.05, 0.1) is 23.8 Å². The largest absolute Gasteiger partial charge is 0.490 e. The third-order valence-electron chi connectivity index (χ3n) is 5.43. The molecule has 0 aromatic heterocycles. The maximum atomic E-state index is 12.7. The third kappa shape index (κ3) is 7.00. The minimum absolute atomic E-state index is 0. The number of ether oxygens (including phenoxy) is 1. The summed E-state index contributed by atoms with van der Waals surface area (Å²) in [6.45, 7) is 5.39. The molecule has 0 aliphatic carbocycles. The number of nitrogens with one attached hydrogen (secondary N) is 1. The lowest BCUT2D eigenvalue weighted by Crippen LogP contribution is -2.40. The first-order valence-corrected chi connectivity index (χ1v) is 12.3. The number of likely N-dealkylation sites (tertiary alicyclic amines) is 1. The van der Waals surface area contributed by atoms with E-state index in [9.17, 15) is 8.42 Å². The van der Waals surface area contributed by atoms with Crippen LogP contribution in [0.2, 0.25) is 0 Å². The van der Waals surface area contributed by atoms with Gasteiger partial charge in [0.2, 0.25) is 10.0 Å². The van der Waals surface area contributed by atoms with Crippen molar-refractivity contribution in [2.45, 2.75) is 32.8 Å². The van der Waals surface area contributed by atoms with Crippen molar-refractivity contribution < 1.29 is 13.2 Å². The van der Waals surface area contributed by atoms with Crippen LogP contribution in [0.5, 0.6) is 5.75 Å². The van der Waals surface area contributed by atoms with E-state index in [-0.39, 0.29) is 30.8 Å². The van der Waals surface area contributed by atoms with E-state index >= 15 is 0 Å². The average molecular weight is 478 g/mol. The lowest BCUT2D eigenvalue weighted by Gasteiger charge is -2.32. The summed E-state index contributed by atoms with van der Waals surface area (Å²) in [7, 11) is -3.41. The monoisotopic (exact) mass is 477 g/mol. The molecule has 0 spiro atoms. The summed E-state index contributed by atoms with van der Waals surface area (Å²) in [6.07, 6.45) is 5.66. The second-order valence-electron chi connectivity index (χ2n) is 7.63. The highest BCUT2D eigenvalue weighted by Crippen LogP contribution is 2.25. The van der Waals surface area contributed by atoms with Gasteiger partial charge < -0.3 is 9.64 Å². The first-order chi connectivity index (χ1) is 14.9. The standard InChI is InChI=1S/C24H31N3O3S.ClH/c1-3-31(28,29)27(17-7-10-21-8-5-4-6-9-21)22-11-13-23(14-12-22)30-24-15-18-26(19-16-24)20(2)25;/h4-14,24-25H,3,15-19H2,1-2H3;1H/b10-7+,25-20?;. The second kappa shape index (κ2) is 11.9. The Bertz CT molecular complexity index is 987. The molecule has 0 bridgehead atoms. The molecular formula is C24H32ClN3O3S. The lowest BCUT2D eigenvalue weighted by atomic mass is 10.1. The van der Waals surface area contributed by atoms with Crippen LogP contribution in [-0.2, 0) is 10.0 Å². The Morgan fingerprint density at radius 1 is 1.12 bits per heavy atom. The first-order valence-electron chi connectivity index (χ1n) is 10.7. The average Bonchev–Trinajstić information content (AvgIpc) is 2.78. The smallest absolute Gasteiger partial charge is 0.235 e. The zero-order valence-electron chi connectivity index (χ0n) is 18.6. The van der Waals surface area contributed by atoms with Crippen molar-refractivity contribution >= 4 is 40.0 Å². The van der Waals surface area contributed by atoms with Gasteiger partial charge in [-0.1, -0.05) is 42.5 Å². The molecule has 3 rings (SSSR count). The molecule has 1 saturated heterocycles. The van der Waals surface area contributed by atoms with Gasteiger partial charge in [-0.15, -0.1) is 12.4 Å². The van der Waals surface area contributed by atoms with Gasteiger partial charge in [-0.3, -0.25) is 9.71 Å². The highest BCUT2D eigenvalue weighted by molar-refractivity contribution is 7.92. The summed E-state index contributed by atoms with van der Waals surface area (Å²) >= 11 is 0. The Morgan fingerprint density at radius 2 is 1.75 bits per heavy atom. The summed E-state index contributed by atoms with van der Waals surface area (Å²) in [4.78, 5) is 2.05. The summed E-state index contributed by atoms with van der Waals surface area (Å²) in [5.41, 5.74) is 1.66. The molecule has 0 saturated carbocycles. The third-order valence-corrected chi connectivity index (χ3v) is 7.19. The lowest BCUT2D eigenvalue weighted by molar-refractivity contribution is 0.130. The molecule has 8 heteroatoms. The fourth-order valence-corrected chi connectivity index (χ4v) is 4.64. The van der Waals surface area contributed by atoms with Gasteiger partial charge in [-0.05, 0) is 43.7 Å². The highest BCUT2D eigenvalue weighted by atomic mass is 35.5. The van der Waals surface area contributed by atoms with Crippen molar-refractivity contribution in [3.8, 4) is 5.75 Å². The van der Waals surface area contributed by atoms with Gasteiger partial charge in [-0.2, -0.15) is 0 Å². The van der Waals surface area contributed by atoms with Crippen LogP contribution in [0.3, 0.4) is 0 Å². The van der Waals surface area contributed by atoms with Gasteiger partial charge in [0, 0.05) is 25.9 Å². The number of hydrogen-bond donors (Lipinski definition) is 1. The molecule has 0 amide bonds. The first kappa shape index (κ1) is 25.7. The highest BCUT2D eigenvalue weighted by Gasteiger charge is 2.22. The van der Waals surface area contributed by atoms with Crippen LogP contribution in [0.25, 0.3) is 6.08 Å². The van der Waals surface area contributed by atoms with E-state index in [4.69, 9.17) is 10.1 Å². The van der Waals surface area contributed by atoms with Crippen LogP contribution in [0.1, 0.15) is 32.3 Å². The van der Waals surface area contributed by atoms with Crippen LogP contribution >= 0.6 is 12.4 Å². The SMILES string of the molecule is CCS(=O)(=O)N(C/C=C/c1ccccc1)c1ccc(OC2CCN(C(C)=N)CC2)cc1.Cl. The van der Waals surface area contributed by atoms with E-state index in [0.29, 0.717) is 11.5 Å². The van der Waals surface area contributed by atoms with Crippen molar-refractivity contribution in [3.63, 3.8) is 0 Å². The van der Waals surface area contributed by atoms with Gasteiger partial charge >= 0.3 is 0 Å². The fourth-order valence-electron chi connectivity index (χ4n) is 3.58. The van der Waals surface area contributed by atoms with Crippen LogP contribution in [0, 0.1) is 5.41 Å². The van der Waals surface area contributed by atoms with Crippen LogP contribution in [0.15, 0.2) is 60.7 Å². The van der Waals surface area contributed by atoms with Crippen LogP contribution < -0.4 is 9.04 Å². The van der Waals surface area contributed by atoms with E-state index in [1.54, 1.807) is 19.1 Å². The molecular weight excluding hydrogens is 446 g/mol. The molecule has 1 N–H and O–H groups in total. The number of halogens is 1. The molecule has 1 fully saturated rings. The normalized spacial score (nSPS) is 14.8. The van der Waals surface area contributed by atoms with Crippen molar-refractivity contribution in [1.29, 1.82) is 5.41 Å². The maximum Gasteiger partial charge on any atom is 0.235 e. The van der Waals surface area contributed by atoms with Crippen molar-refractivity contribution in [3.05, 3.63) is 66.2 Å². The number of rotatable bonds is 8. The number of hydrogen-bond acceptors (Lipinski definition) is 4. The van der Waals surface area contributed by atoms with Crippen LogP contribution in [0.4, 0.5) is 5.69 Å². The molecule has 1 heterocycles. The minimum atomic E-state index is -3.41. The number of nitrogens with zero attached hydrogens (tertiary/aromatic N) is 2. The van der Waals surface area contributed by atoms with Gasteiger partial charge in [0.1, 0.15) is 11.9 Å². The molecule has 0 unspecified atom stereocenters. The molecule has 32 heavy (non-hydrogen) atoms. The van der Waals surface area contributed by atoms with Gasteiger partial charge in [0.25, 0.3) is 0 Å². The quantitative estimate of drug-likeness (QED) is 0.437. The molecule has 0 atom stereocenters. The second-order valence-corrected chi connectivity index (χ2v) is 9.81. The summed E-state index contributed by atoms with van der Waals surface area (Å²) in [5, 5.41) is 7.73. The predicted octanol–water partition coefficient (Wildman–Crippen LogP) is 4.82. The van der Waals surface area contributed by atoms with Crippen molar-refractivity contribution in [2.75, 3.05) is 29.7 Å². The minimum Gasteiger partial charge on any atom is -0.490 e. The number of benzene rings is 2. The van der Waals surface area contributed by atoms with E-state index in [2.05, 4.69) is 4.90 Å². The Balaban J connectivity index is 0.00000363. The molecule has 1 aliphatic heterocycles. The molecule has 2 aromatic carbocycles. The topological polar surface area (TPSA) is 73.7 Å². The maximum absolute atomic E-state index is 12.7. The van der Waals surface area contributed by atoms with E-state index in [0.717, 1.165) is 37.2 Å².